The second-order valence-corrected chi connectivity index (χ2v) is 8.38. The number of anilines is 1. The Balaban J connectivity index is 1.79. The first-order valence-electron chi connectivity index (χ1n) is 9.05. The Morgan fingerprint density at radius 1 is 1.18 bits per heavy atom. The van der Waals surface area contributed by atoms with Gasteiger partial charge in [-0.05, 0) is 61.7 Å². The fourth-order valence-electron chi connectivity index (χ4n) is 3.00. The third-order valence-electron chi connectivity index (χ3n) is 4.60. The summed E-state index contributed by atoms with van der Waals surface area (Å²) in [4.78, 5) is 12.7. The van der Waals surface area contributed by atoms with Crippen molar-refractivity contribution in [1.29, 1.82) is 0 Å². The number of methoxy groups -OCH3 is 1. The maximum atomic E-state index is 12.7. The Morgan fingerprint density at radius 3 is 2.57 bits per heavy atom. The molecule has 2 aromatic carbocycles. The van der Waals surface area contributed by atoms with Crippen LogP contribution in [0, 0.1) is 6.92 Å². The van der Waals surface area contributed by atoms with E-state index in [4.69, 9.17) is 9.47 Å². The highest BCUT2D eigenvalue weighted by molar-refractivity contribution is 7.92. The molecular weight excluding hydrogens is 380 g/mol. The van der Waals surface area contributed by atoms with Crippen LogP contribution in [0.15, 0.2) is 47.4 Å². The maximum absolute atomic E-state index is 12.7. The molecule has 0 saturated carbocycles. The molecule has 28 heavy (non-hydrogen) atoms. The van der Waals surface area contributed by atoms with E-state index in [0.29, 0.717) is 35.8 Å². The van der Waals surface area contributed by atoms with E-state index in [0.717, 1.165) is 12.8 Å². The average molecular weight is 404 g/mol. The molecule has 1 heterocycles. The fraction of sp³-hybridized carbons (Fsp3) is 0.350. The largest absolute Gasteiger partial charge is 0.497 e. The van der Waals surface area contributed by atoms with Crippen molar-refractivity contribution in [2.24, 2.45) is 0 Å². The Bertz CT molecular complexity index is 936. The van der Waals surface area contributed by atoms with E-state index in [1.54, 1.807) is 37.3 Å². The molecule has 150 valence electrons. The number of amides is 1. The molecule has 1 aliphatic rings. The minimum Gasteiger partial charge on any atom is -0.497 e. The van der Waals surface area contributed by atoms with Crippen molar-refractivity contribution < 1.29 is 22.7 Å². The first-order chi connectivity index (χ1) is 13.4. The minimum absolute atomic E-state index is 0.0268. The molecule has 0 aromatic heterocycles. The number of carbonyl (C=O) groups excluding carboxylic acids is 1. The van der Waals surface area contributed by atoms with Crippen LogP contribution < -0.4 is 14.8 Å². The van der Waals surface area contributed by atoms with Crippen LogP contribution in [0.5, 0.6) is 5.75 Å². The molecule has 2 N–H and O–H groups in total. The summed E-state index contributed by atoms with van der Waals surface area (Å²) in [5.41, 5.74) is 1.45. The highest BCUT2D eigenvalue weighted by Gasteiger charge is 2.21. The summed E-state index contributed by atoms with van der Waals surface area (Å²) in [6.07, 6.45) is 1.74. The van der Waals surface area contributed by atoms with E-state index >= 15 is 0 Å². The predicted molar refractivity (Wildman–Crippen MR) is 106 cm³/mol. The van der Waals surface area contributed by atoms with Gasteiger partial charge in [-0.15, -0.1) is 0 Å². The van der Waals surface area contributed by atoms with Gasteiger partial charge in [0.05, 0.1) is 24.7 Å². The van der Waals surface area contributed by atoms with Crippen LogP contribution in [0.25, 0.3) is 0 Å². The zero-order valence-corrected chi connectivity index (χ0v) is 16.7. The van der Waals surface area contributed by atoms with Crippen molar-refractivity contribution in [3.8, 4) is 5.75 Å². The minimum atomic E-state index is -3.83. The zero-order chi connectivity index (χ0) is 20.1. The standard InChI is InChI=1S/C20H24N2O5S/c1-14-5-10-18(12-19(14)20(23)21-16-4-3-11-27-13-16)28(24,25)22-15-6-8-17(26-2)9-7-15/h5-10,12,16,22H,3-4,11,13H2,1-2H3,(H,21,23). The smallest absolute Gasteiger partial charge is 0.261 e. The predicted octanol–water partition coefficient (Wildman–Crippen LogP) is 2.71. The van der Waals surface area contributed by atoms with Gasteiger partial charge in [-0.1, -0.05) is 6.07 Å². The van der Waals surface area contributed by atoms with E-state index < -0.39 is 10.0 Å². The molecule has 0 spiro atoms. The van der Waals surface area contributed by atoms with E-state index in [2.05, 4.69) is 10.0 Å². The Kier molecular flexibility index (Phi) is 6.21. The van der Waals surface area contributed by atoms with E-state index in [9.17, 15) is 13.2 Å². The van der Waals surface area contributed by atoms with E-state index in [1.165, 1.54) is 19.2 Å². The molecule has 2 aromatic rings. The molecule has 8 heteroatoms. The first-order valence-corrected chi connectivity index (χ1v) is 10.5. The van der Waals surface area contributed by atoms with Gasteiger partial charge in [-0.25, -0.2) is 8.42 Å². The molecule has 1 unspecified atom stereocenters. The molecular formula is C20H24N2O5S. The van der Waals surface area contributed by atoms with Crippen molar-refractivity contribution in [2.45, 2.75) is 30.7 Å². The van der Waals surface area contributed by atoms with Crippen LogP contribution in [-0.2, 0) is 14.8 Å². The van der Waals surface area contributed by atoms with Gasteiger partial charge in [-0.3, -0.25) is 9.52 Å². The average Bonchev–Trinajstić information content (AvgIpc) is 2.69. The van der Waals surface area contributed by atoms with Crippen molar-refractivity contribution >= 4 is 21.6 Å². The summed E-state index contributed by atoms with van der Waals surface area (Å²) in [5, 5.41) is 2.92. The van der Waals surface area contributed by atoms with E-state index in [-0.39, 0.29) is 16.8 Å². The quantitative estimate of drug-likeness (QED) is 0.772. The number of carbonyl (C=O) groups is 1. The molecule has 1 amide bonds. The van der Waals surface area contributed by atoms with Crippen molar-refractivity contribution in [3.05, 3.63) is 53.6 Å². The van der Waals surface area contributed by atoms with E-state index in [1.807, 2.05) is 0 Å². The zero-order valence-electron chi connectivity index (χ0n) is 15.9. The van der Waals surface area contributed by atoms with Gasteiger partial charge in [0.2, 0.25) is 0 Å². The summed E-state index contributed by atoms with van der Waals surface area (Å²) in [7, 11) is -2.30. The van der Waals surface area contributed by atoms with Crippen LogP contribution in [0.3, 0.4) is 0 Å². The molecule has 0 radical (unpaired) electrons. The lowest BCUT2D eigenvalue weighted by Crippen LogP contribution is -2.40. The number of benzene rings is 2. The van der Waals surface area contributed by atoms with Crippen LogP contribution in [0.1, 0.15) is 28.8 Å². The Hall–Kier alpha value is -2.58. The summed E-state index contributed by atoms with van der Waals surface area (Å²) >= 11 is 0. The molecule has 1 aliphatic heterocycles. The molecule has 0 bridgehead atoms. The third-order valence-corrected chi connectivity index (χ3v) is 5.98. The fourth-order valence-corrected chi connectivity index (χ4v) is 4.09. The topological polar surface area (TPSA) is 93.7 Å². The summed E-state index contributed by atoms with van der Waals surface area (Å²) in [5.74, 6) is 0.332. The molecule has 3 rings (SSSR count). The van der Waals surface area contributed by atoms with Crippen molar-refractivity contribution in [3.63, 3.8) is 0 Å². The normalized spacial score (nSPS) is 17.0. The van der Waals surface area contributed by atoms with Crippen LogP contribution in [0.4, 0.5) is 5.69 Å². The Morgan fingerprint density at radius 2 is 1.93 bits per heavy atom. The maximum Gasteiger partial charge on any atom is 0.261 e. The lowest BCUT2D eigenvalue weighted by atomic mass is 10.1. The number of sulfonamides is 1. The van der Waals surface area contributed by atoms with Crippen LogP contribution in [0.2, 0.25) is 0 Å². The van der Waals surface area contributed by atoms with Gasteiger partial charge >= 0.3 is 0 Å². The number of ether oxygens (including phenoxy) is 2. The molecule has 7 nitrogen and oxygen atoms in total. The van der Waals surface area contributed by atoms with Crippen LogP contribution >= 0.6 is 0 Å². The van der Waals surface area contributed by atoms with Gasteiger partial charge in [0.25, 0.3) is 15.9 Å². The number of hydrogen-bond acceptors (Lipinski definition) is 5. The highest BCUT2D eigenvalue weighted by atomic mass is 32.2. The summed E-state index contributed by atoms with van der Waals surface area (Å²) in [6, 6.07) is 11.0. The number of aryl methyl sites for hydroxylation is 1. The second kappa shape index (κ2) is 8.62. The van der Waals surface area contributed by atoms with Gasteiger partial charge in [0, 0.05) is 17.9 Å². The van der Waals surface area contributed by atoms with Gasteiger partial charge < -0.3 is 14.8 Å². The van der Waals surface area contributed by atoms with Gasteiger partial charge in [-0.2, -0.15) is 0 Å². The van der Waals surface area contributed by atoms with Gasteiger partial charge in [0.1, 0.15) is 5.75 Å². The van der Waals surface area contributed by atoms with Crippen LogP contribution in [-0.4, -0.2) is 40.7 Å². The lowest BCUT2D eigenvalue weighted by molar-refractivity contribution is 0.0624. The van der Waals surface area contributed by atoms with Gasteiger partial charge in [0.15, 0.2) is 0 Å². The molecule has 1 atom stereocenters. The molecule has 1 saturated heterocycles. The molecule has 1 fully saturated rings. The molecule has 0 aliphatic carbocycles. The SMILES string of the molecule is COc1ccc(NS(=O)(=O)c2ccc(C)c(C(=O)NC3CCCOC3)c2)cc1. The Labute approximate surface area is 165 Å². The third kappa shape index (κ3) is 4.82. The highest BCUT2D eigenvalue weighted by Crippen LogP contribution is 2.21. The summed E-state index contributed by atoms with van der Waals surface area (Å²) < 4.78 is 38.4. The van der Waals surface area contributed by atoms with Crippen molar-refractivity contribution in [1.82, 2.24) is 5.32 Å². The van der Waals surface area contributed by atoms with Crippen molar-refractivity contribution in [2.75, 3.05) is 25.0 Å². The number of hydrogen-bond donors (Lipinski definition) is 2. The number of nitrogens with one attached hydrogen (secondary N) is 2. The first kappa shape index (κ1) is 20.2. The monoisotopic (exact) mass is 404 g/mol. The lowest BCUT2D eigenvalue weighted by Gasteiger charge is -2.23. The summed E-state index contributed by atoms with van der Waals surface area (Å²) in [6.45, 7) is 2.96. The number of rotatable bonds is 6. The second-order valence-electron chi connectivity index (χ2n) is 6.70.